The molecule has 0 radical (unpaired) electrons. The first kappa shape index (κ1) is 18.2. The number of carbonyl (C=O) groups excluding carboxylic acids is 3. The minimum Gasteiger partial charge on any atom is -0.343 e. The molecule has 0 atom stereocenters. The summed E-state index contributed by atoms with van der Waals surface area (Å²) in [4.78, 5) is 35.4. The molecule has 0 fully saturated rings. The van der Waals surface area contributed by atoms with E-state index >= 15 is 0 Å². The number of amides is 3. The van der Waals surface area contributed by atoms with Crippen LogP contribution in [0.5, 0.6) is 0 Å². The molecule has 0 bridgehead atoms. The van der Waals surface area contributed by atoms with Crippen molar-refractivity contribution >= 4 is 29.1 Å². The van der Waals surface area contributed by atoms with Gasteiger partial charge in [0.25, 0.3) is 5.91 Å². The molecule has 0 aromatic heterocycles. The SMILES string of the molecule is CC(C)C(=O)Nc1ccc(NC(=O)CNC(=O)c2ccccc2)cc1. The van der Waals surface area contributed by atoms with Gasteiger partial charge in [-0.3, -0.25) is 14.4 Å². The molecule has 0 spiro atoms. The summed E-state index contributed by atoms with van der Waals surface area (Å²) in [7, 11) is 0. The van der Waals surface area contributed by atoms with Crippen LogP contribution >= 0.6 is 0 Å². The van der Waals surface area contributed by atoms with E-state index in [0.29, 0.717) is 16.9 Å². The van der Waals surface area contributed by atoms with E-state index in [4.69, 9.17) is 0 Å². The second-order valence-corrected chi connectivity index (χ2v) is 5.82. The predicted molar refractivity (Wildman–Crippen MR) is 97.3 cm³/mol. The Morgan fingerprint density at radius 1 is 0.840 bits per heavy atom. The van der Waals surface area contributed by atoms with Crippen LogP contribution in [0, 0.1) is 5.92 Å². The van der Waals surface area contributed by atoms with Gasteiger partial charge in [0.1, 0.15) is 0 Å². The maximum absolute atomic E-state index is 11.9. The van der Waals surface area contributed by atoms with Crippen LogP contribution in [0.1, 0.15) is 24.2 Å². The molecule has 2 aromatic carbocycles. The maximum Gasteiger partial charge on any atom is 0.251 e. The van der Waals surface area contributed by atoms with Crippen LogP contribution in [0.3, 0.4) is 0 Å². The van der Waals surface area contributed by atoms with Crippen LogP contribution in [0.2, 0.25) is 0 Å². The van der Waals surface area contributed by atoms with E-state index < -0.39 is 0 Å². The second kappa shape index (κ2) is 8.63. The van der Waals surface area contributed by atoms with E-state index in [9.17, 15) is 14.4 Å². The topological polar surface area (TPSA) is 87.3 Å². The molecule has 0 heterocycles. The molecule has 0 aliphatic rings. The highest BCUT2D eigenvalue weighted by Crippen LogP contribution is 2.14. The molecule has 0 saturated carbocycles. The van der Waals surface area contributed by atoms with Gasteiger partial charge in [0, 0.05) is 22.9 Å². The molecule has 3 amide bonds. The average molecular weight is 339 g/mol. The van der Waals surface area contributed by atoms with Crippen LogP contribution in [-0.2, 0) is 9.59 Å². The zero-order valence-electron chi connectivity index (χ0n) is 14.2. The lowest BCUT2D eigenvalue weighted by Crippen LogP contribution is -2.32. The van der Waals surface area contributed by atoms with E-state index in [1.165, 1.54) is 0 Å². The van der Waals surface area contributed by atoms with Gasteiger partial charge < -0.3 is 16.0 Å². The number of rotatable bonds is 6. The lowest BCUT2D eigenvalue weighted by molar-refractivity contribution is -0.119. The number of carbonyl (C=O) groups is 3. The highest BCUT2D eigenvalue weighted by atomic mass is 16.2. The van der Waals surface area contributed by atoms with Gasteiger partial charge in [-0.15, -0.1) is 0 Å². The van der Waals surface area contributed by atoms with Gasteiger partial charge in [0.2, 0.25) is 11.8 Å². The summed E-state index contributed by atoms with van der Waals surface area (Å²) in [6, 6.07) is 15.5. The fourth-order valence-electron chi connectivity index (χ4n) is 1.98. The molecular formula is C19H21N3O3. The highest BCUT2D eigenvalue weighted by molar-refractivity contribution is 5.99. The second-order valence-electron chi connectivity index (χ2n) is 5.82. The first-order valence-electron chi connectivity index (χ1n) is 7.99. The Balaban J connectivity index is 1.82. The van der Waals surface area contributed by atoms with Crippen molar-refractivity contribution in [3.05, 3.63) is 60.2 Å². The highest BCUT2D eigenvalue weighted by Gasteiger charge is 2.09. The molecule has 0 aliphatic carbocycles. The molecule has 0 aliphatic heterocycles. The molecule has 130 valence electrons. The Kier molecular flexibility index (Phi) is 6.28. The van der Waals surface area contributed by atoms with E-state index in [1.54, 1.807) is 48.5 Å². The molecule has 3 N–H and O–H groups in total. The smallest absolute Gasteiger partial charge is 0.251 e. The zero-order chi connectivity index (χ0) is 18.2. The fourth-order valence-corrected chi connectivity index (χ4v) is 1.98. The van der Waals surface area contributed by atoms with E-state index in [2.05, 4.69) is 16.0 Å². The minimum atomic E-state index is -0.330. The lowest BCUT2D eigenvalue weighted by atomic mass is 10.2. The van der Waals surface area contributed by atoms with Crippen molar-refractivity contribution in [2.45, 2.75) is 13.8 Å². The van der Waals surface area contributed by atoms with Crippen LogP contribution in [0.4, 0.5) is 11.4 Å². The molecule has 25 heavy (non-hydrogen) atoms. The van der Waals surface area contributed by atoms with Crippen LogP contribution in [0.15, 0.2) is 54.6 Å². The van der Waals surface area contributed by atoms with Crippen molar-refractivity contribution in [3.8, 4) is 0 Å². The number of hydrogen-bond donors (Lipinski definition) is 3. The van der Waals surface area contributed by atoms with E-state index in [-0.39, 0.29) is 30.2 Å². The summed E-state index contributed by atoms with van der Waals surface area (Å²) in [5, 5.41) is 8.02. The molecule has 6 nitrogen and oxygen atoms in total. The Hall–Kier alpha value is -3.15. The third kappa shape index (κ3) is 5.76. The van der Waals surface area contributed by atoms with Crippen molar-refractivity contribution in [1.82, 2.24) is 5.32 Å². The van der Waals surface area contributed by atoms with Gasteiger partial charge in [-0.2, -0.15) is 0 Å². The van der Waals surface area contributed by atoms with Gasteiger partial charge in [-0.05, 0) is 36.4 Å². The summed E-state index contributed by atoms with van der Waals surface area (Å²) in [5.74, 6) is -0.807. The molecule has 0 saturated heterocycles. The molecular weight excluding hydrogens is 318 g/mol. The van der Waals surface area contributed by atoms with Gasteiger partial charge in [-0.1, -0.05) is 32.0 Å². The maximum atomic E-state index is 11.9. The number of hydrogen-bond acceptors (Lipinski definition) is 3. The predicted octanol–water partition coefficient (Wildman–Crippen LogP) is 2.65. The van der Waals surface area contributed by atoms with Gasteiger partial charge in [0.05, 0.1) is 6.54 Å². The van der Waals surface area contributed by atoms with Gasteiger partial charge in [0.15, 0.2) is 0 Å². The Labute approximate surface area is 146 Å². The van der Waals surface area contributed by atoms with Crippen molar-refractivity contribution < 1.29 is 14.4 Å². The summed E-state index contributed by atoms with van der Waals surface area (Å²) < 4.78 is 0. The molecule has 6 heteroatoms. The lowest BCUT2D eigenvalue weighted by Gasteiger charge is -2.10. The zero-order valence-corrected chi connectivity index (χ0v) is 14.2. The summed E-state index contributed by atoms with van der Waals surface area (Å²) in [6.07, 6.45) is 0. The number of nitrogens with one attached hydrogen (secondary N) is 3. The van der Waals surface area contributed by atoms with Crippen LogP contribution in [-0.4, -0.2) is 24.3 Å². The Morgan fingerprint density at radius 3 is 1.96 bits per heavy atom. The van der Waals surface area contributed by atoms with Crippen LogP contribution in [0.25, 0.3) is 0 Å². The monoisotopic (exact) mass is 339 g/mol. The fraction of sp³-hybridized carbons (Fsp3) is 0.211. The van der Waals surface area contributed by atoms with E-state index in [1.807, 2.05) is 19.9 Å². The number of benzene rings is 2. The van der Waals surface area contributed by atoms with Crippen molar-refractivity contribution in [1.29, 1.82) is 0 Å². The van der Waals surface area contributed by atoms with Crippen molar-refractivity contribution in [2.24, 2.45) is 5.92 Å². The number of anilines is 2. The first-order valence-corrected chi connectivity index (χ1v) is 7.99. The summed E-state index contributed by atoms with van der Waals surface area (Å²) in [6.45, 7) is 3.50. The normalized spacial score (nSPS) is 10.2. The molecule has 2 aromatic rings. The van der Waals surface area contributed by atoms with Gasteiger partial charge in [-0.25, -0.2) is 0 Å². The summed E-state index contributed by atoms with van der Waals surface area (Å²) in [5.41, 5.74) is 1.75. The average Bonchev–Trinajstić information content (AvgIpc) is 2.62. The van der Waals surface area contributed by atoms with Crippen molar-refractivity contribution in [3.63, 3.8) is 0 Å². The third-order valence-electron chi connectivity index (χ3n) is 3.41. The molecule has 0 unspecified atom stereocenters. The minimum absolute atomic E-state index is 0.0691. The standard InChI is InChI=1S/C19H21N3O3/c1-13(2)18(24)22-16-10-8-15(9-11-16)21-17(23)12-20-19(25)14-6-4-3-5-7-14/h3-11,13H,12H2,1-2H3,(H,20,25)(H,21,23)(H,22,24). The first-order chi connectivity index (χ1) is 12.0. The van der Waals surface area contributed by atoms with Crippen LogP contribution < -0.4 is 16.0 Å². The summed E-state index contributed by atoms with van der Waals surface area (Å²) >= 11 is 0. The quantitative estimate of drug-likeness (QED) is 0.756. The van der Waals surface area contributed by atoms with Crippen molar-refractivity contribution in [2.75, 3.05) is 17.2 Å². The Bertz CT molecular complexity index is 740. The Morgan fingerprint density at radius 2 is 1.40 bits per heavy atom. The third-order valence-corrected chi connectivity index (χ3v) is 3.41. The molecule has 2 rings (SSSR count). The van der Waals surface area contributed by atoms with E-state index in [0.717, 1.165) is 0 Å². The largest absolute Gasteiger partial charge is 0.343 e. The van der Waals surface area contributed by atoms with Gasteiger partial charge >= 0.3 is 0 Å².